The largest absolute Gasteiger partial charge is 0.369 e. The maximum atomic E-state index is 12.4. The lowest BCUT2D eigenvalue weighted by atomic mass is 10.2. The number of nitrogens with one attached hydrogen (secondary N) is 1. The number of hydrogen-bond acceptors (Lipinski definition) is 5. The molecule has 9 heteroatoms. The maximum absolute atomic E-state index is 12.4. The molecule has 1 aliphatic rings. The van der Waals surface area contributed by atoms with Gasteiger partial charge in [0.2, 0.25) is 15.9 Å². The summed E-state index contributed by atoms with van der Waals surface area (Å²) < 4.78 is 25.9. The number of carbonyl (C=O) groups excluding carboxylic acids is 1. The molecule has 0 bridgehead atoms. The van der Waals surface area contributed by atoms with Gasteiger partial charge in [-0.25, -0.2) is 8.42 Å². The SMILES string of the molecule is Cc1ccc(Cl)cc1N(CCCC(=O)Nc1ccc(N2CCN(C)CC2)cc1)S(C)(=O)=O. The number of benzene rings is 2. The molecule has 1 N–H and O–H groups in total. The first-order valence-corrected chi connectivity index (χ1v) is 12.9. The number of halogens is 1. The van der Waals surface area contributed by atoms with Crippen LogP contribution >= 0.6 is 11.6 Å². The highest BCUT2D eigenvalue weighted by Gasteiger charge is 2.20. The number of nitrogens with zero attached hydrogens (tertiary/aromatic N) is 3. The number of hydrogen-bond donors (Lipinski definition) is 1. The Labute approximate surface area is 196 Å². The van der Waals surface area contributed by atoms with Crippen LogP contribution in [0.1, 0.15) is 18.4 Å². The molecule has 174 valence electrons. The lowest BCUT2D eigenvalue weighted by molar-refractivity contribution is -0.116. The number of carbonyl (C=O) groups is 1. The van der Waals surface area contributed by atoms with Crippen molar-refractivity contribution in [2.45, 2.75) is 19.8 Å². The second-order valence-electron chi connectivity index (χ2n) is 8.25. The van der Waals surface area contributed by atoms with Gasteiger partial charge in [0, 0.05) is 55.5 Å². The van der Waals surface area contributed by atoms with E-state index in [4.69, 9.17) is 11.6 Å². The Morgan fingerprint density at radius 1 is 1.09 bits per heavy atom. The van der Waals surface area contributed by atoms with Gasteiger partial charge < -0.3 is 15.1 Å². The number of likely N-dealkylation sites (N-methyl/N-ethyl adjacent to an activating group) is 1. The molecule has 1 heterocycles. The van der Waals surface area contributed by atoms with Crippen molar-refractivity contribution < 1.29 is 13.2 Å². The smallest absolute Gasteiger partial charge is 0.232 e. The van der Waals surface area contributed by atoms with E-state index in [0.29, 0.717) is 17.1 Å². The van der Waals surface area contributed by atoms with E-state index in [1.165, 1.54) is 4.31 Å². The van der Waals surface area contributed by atoms with E-state index in [9.17, 15) is 13.2 Å². The van der Waals surface area contributed by atoms with Crippen molar-refractivity contribution in [3.8, 4) is 0 Å². The Hall–Kier alpha value is -2.29. The van der Waals surface area contributed by atoms with E-state index in [1.807, 2.05) is 31.2 Å². The second kappa shape index (κ2) is 10.6. The summed E-state index contributed by atoms with van der Waals surface area (Å²) in [6, 6.07) is 13.0. The molecule has 1 amide bonds. The maximum Gasteiger partial charge on any atom is 0.232 e. The summed E-state index contributed by atoms with van der Waals surface area (Å²) in [6.07, 6.45) is 1.77. The van der Waals surface area contributed by atoms with Gasteiger partial charge in [0.05, 0.1) is 11.9 Å². The van der Waals surface area contributed by atoms with Crippen molar-refractivity contribution in [3.63, 3.8) is 0 Å². The zero-order valence-corrected chi connectivity index (χ0v) is 20.4. The van der Waals surface area contributed by atoms with Gasteiger partial charge in [-0.15, -0.1) is 0 Å². The number of anilines is 3. The molecule has 0 radical (unpaired) electrons. The fraction of sp³-hybridized carbons (Fsp3) is 0.435. The monoisotopic (exact) mass is 478 g/mol. The Morgan fingerprint density at radius 3 is 2.38 bits per heavy atom. The number of sulfonamides is 1. The Balaban J connectivity index is 1.54. The Morgan fingerprint density at radius 2 is 1.75 bits per heavy atom. The first-order chi connectivity index (χ1) is 15.1. The third-order valence-corrected chi connectivity index (χ3v) is 7.04. The standard InChI is InChI=1S/C23H31ClN4O3S/c1-18-6-7-19(24)17-22(18)28(32(3,30)31)12-4-5-23(29)25-20-8-10-21(11-9-20)27-15-13-26(2)14-16-27/h6-11,17H,4-5,12-16H2,1-3H3,(H,25,29). The first-order valence-electron chi connectivity index (χ1n) is 10.7. The quantitative estimate of drug-likeness (QED) is 0.627. The molecule has 0 aromatic heterocycles. The molecule has 2 aromatic rings. The minimum absolute atomic E-state index is 0.145. The fourth-order valence-corrected chi connectivity index (χ4v) is 4.92. The number of piperazine rings is 1. The van der Waals surface area contributed by atoms with Crippen LogP contribution < -0.4 is 14.5 Å². The molecular formula is C23H31ClN4O3S. The van der Waals surface area contributed by atoms with E-state index >= 15 is 0 Å². The molecule has 0 unspecified atom stereocenters. The van der Waals surface area contributed by atoms with Crippen LogP contribution in [0.5, 0.6) is 0 Å². The van der Waals surface area contributed by atoms with Crippen molar-refractivity contribution in [3.05, 3.63) is 53.1 Å². The van der Waals surface area contributed by atoms with Crippen LogP contribution in [-0.2, 0) is 14.8 Å². The molecule has 0 spiro atoms. The molecule has 0 saturated carbocycles. The van der Waals surface area contributed by atoms with E-state index in [-0.39, 0.29) is 18.9 Å². The van der Waals surface area contributed by atoms with E-state index in [1.54, 1.807) is 18.2 Å². The zero-order valence-electron chi connectivity index (χ0n) is 18.8. The van der Waals surface area contributed by atoms with Crippen LogP contribution in [0, 0.1) is 6.92 Å². The third kappa shape index (κ3) is 6.60. The van der Waals surface area contributed by atoms with Crippen molar-refractivity contribution in [1.29, 1.82) is 0 Å². The third-order valence-electron chi connectivity index (χ3n) is 5.62. The number of rotatable bonds is 8. The summed E-state index contributed by atoms with van der Waals surface area (Å²) in [4.78, 5) is 17.1. The summed E-state index contributed by atoms with van der Waals surface area (Å²) in [6.45, 7) is 6.10. The van der Waals surface area contributed by atoms with Gasteiger partial charge in [0.1, 0.15) is 0 Å². The molecule has 7 nitrogen and oxygen atoms in total. The van der Waals surface area contributed by atoms with Crippen molar-refractivity contribution >= 4 is 44.6 Å². The Kier molecular flexibility index (Phi) is 8.03. The lowest BCUT2D eigenvalue weighted by Crippen LogP contribution is -2.44. The number of amides is 1. The van der Waals surface area contributed by atoms with E-state index < -0.39 is 10.0 Å². The molecule has 32 heavy (non-hydrogen) atoms. The highest BCUT2D eigenvalue weighted by Crippen LogP contribution is 2.27. The second-order valence-corrected chi connectivity index (χ2v) is 10.6. The molecule has 2 aromatic carbocycles. The predicted octanol–water partition coefficient (Wildman–Crippen LogP) is 3.59. The Bertz CT molecular complexity index is 1040. The summed E-state index contributed by atoms with van der Waals surface area (Å²) >= 11 is 6.06. The highest BCUT2D eigenvalue weighted by molar-refractivity contribution is 7.92. The molecular weight excluding hydrogens is 448 g/mol. The minimum Gasteiger partial charge on any atom is -0.369 e. The van der Waals surface area contributed by atoms with Gasteiger partial charge in [-0.1, -0.05) is 17.7 Å². The minimum atomic E-state index is -3.50. The first kappa shape index (κ1) is 24.4. The van der Waals surface area contributed by atoms with E-state index in [0.717, 1.165) is 49.4 Å². The summed E-state index contributed by atoms with van der Waals surface area (Å²) in [7, 11) is -1.37. The highest BCUT2D eigenvalue weighted by atomic mass is 35.5. The molecule has 0 aliphatic carbocycles. The van der Waals surface area contributed by atoms with Gasteiger partial charge in [0.15, 0.2) is 0 Å². The van der Waals surface area contributed by atoms with Gasteiger partial charge in [-0.3, -0.25) is 9.10 Å². The van der Waals surface area contributed by atoms with Crippen molar-refractivity contribution in [1.82, 2.24) is 4.90 Å². The molecule has 1 aliphatic heterocycles. The zero-order chi connectivity index (χ0) is 23.3. The predicted molar refractivity (Wildman–Crippen MR) is 132 cm³/mol. The van der Waals surface area contributed by atoms with Crippen LogP contribution in [-0.4, -0.2) is 65.3 Å². The molecule has 3 rings (SSSR count). The van der Waals surface area contributed by atoms with Gasteiger partial charge in [-0.05, 0) is 62.4 Å². The van der Waals surface area contributed by atoms with Crippen molar-refractivity contribution in [2.75, 3.05) is 60.5 Å². The van der Waals surface area contributed by atoms with Gasteiger partial charge >= 0.3 is 0 Å². The van der Waals surface area contributed by atoms with Crippen molar-refractivity contribution in [2.24, 2.45) is 0 Å². The van der Waals surface area contributed by atoms with Gasteiger partial charge in [-0.2, -0.15) is 0 Å². The fourth-order valence-electron chi connectivity index (χ4n) is 3.74. The molecule has 1 saturated heterocycles. The summed E-state index contributed by atoms with van der Waals surface area (Å²) in [5.74, 6) is -0.145. The lowest BCUT2D eigenvalue weighted by Gasteiger charge is -2.34. The molecule has 0 atom stereocenters. The summed E-state index contributed by atoms with van der Waals surface area (Å²) in [5.41, 5.74) is 3.24. The normalized spacial score (nSPS) is 14.9. The summed E-state index contributed by atoms with van der Waals surface area (Å²) in [5, 5.41) is 3.37. The topological polar surface area (TPSA) is 73.0 Å². The van der Waals surface area contributed by atoms with Crippen LogP contribution in [0.2, 0.25) is 5.02 Å². The average molecular weight is 479 g/mol. The molecule has 1 fully saturated rings. The van der Waals surface area contributed by atoms with Gasteiger partial charge in [0.25, 0.3) is 0 Å². The average Bonchev–Trinajstić information content (AvgIpc) is 2.73. The van der Waals surface area contributed by atoms with Crippen LogP contribution in [0.3, 0.4) is 0 Å². The van der Waals surface area contributed by atoms with Crippen LogP contribution in [0.25, 0.3) is 0 Å². The van der Waals surface area contributed by atoms with Crippen LogP contribution in [0.4, 0.5) is 17.1 Å². The van der Waals surface area contributed by atoms with Crippen LogP contribution in [0.15, 0.2) is 42.5 Å². The van der Waals surface area contributed by atoms with E-state index in [2.05, 4.69) is 22.2 Å². The number of aryl methyl sites for hydroxylation is 1.